The summed E-state index contributed by atoms with van der Waals surface area (Å²) in [6.45, 7) is 0.525. The van der Waals surface area contributed by atoms with Crippen LogP contribution >= 0.6 is 0 Å². The Balaban J connectivity index is 2.09. The van der Waals surface area contributed by atoms with E-state index in [1.807, 2.05) is 48.5 Å². The lowest BCUT2D eigenvalue weighted by atomic mass is 10.2. The minimum Gasteiger partial charge on any atom is -0.496 e. The van der Waals surface area contributed by atoms with E-state index in [0.717, 1.165) is 22.8 Å². The van der Waals surface area contributed by atoms with Crippen LogP contribution in [0.1, 0.15) is 5.56 Å². The van der Waals surface area contributed by atoms with E-state index in [1.54, 1.807) is 14.2 Å². The van der Waals surface area contributed by atoms with Crippen molar-refractivity contribution in [1.82, 2.24) is 0 Å². The minimum atomic E-state index is 0.525. The number of hydrogen-bond donors (Lipinski definition) is 0. The van der Waals surface area contributed by atoms with Crippen LogP contribution in [0.4, 0.5) is 0 Å². The summed E-state index contributed by atoms with van der Waals surface area (Å²) in [5.74, 6) is 2.17. The number of ether oxygens (including phenoxy) is 3. The molecule has 0 amide bonds. The number of rotatable bonds is 5. The Morgan fingerprint density at radius 3 is 1.89 bits per heavy atom. The average Bonchev–Trinajstić information content (AvgIpc) is 2.45. The molecule has 0 aromatic heterocycles. The SMILES string of the molecule is COc1cc(OC)cc(OCc2ccccc2)c1. The molecule has 0 aliphatic rings. The van der Waals surface area contributed by atoms with Crippen LogP contribution in [0.3, 0.4) is 0 Å². The molecule has 0 bridgehead atoms. The highest BCUT2D eigenvalue weighted by atomic mass is 16.5. The molecule has 0 saturated carbocycles. The highest BCUT2D eigenvalue weighted by molar-refractivity contribution is 5.42. The van der Waals surface area contributed by atoms with Gasteiger partial charge in [0.25, 0.3) is 0 Å². The van der Waals surface area contributed by atoms with E-state index in [9.17, 15) is 0 Å². The standard InChI is InChI=1S/C15H16O3/c1-16-13-8-14(17-2)10-15(9-13)18-11-12-6-4-3-5-7-12/h3-10H,11H2,1-2H3. The van der Waals surface area contributed by atoms with Crippen LogP contribution in [-0.4, -0.2) is 14.2 Å². The fourth-order valence-electron chi connectivity index (χ4n) is 1.61. The van der Waals surface area contributed by atoms with Crippen molar-refractivity contribution in [3.05, 3.63) is 54.1 Å². The average molecular weight is 244 g/mol. The molecule has 0 N–H and O–H groups in total. The largest absolute Gasteiger partial charge is 0.496 e. The number of hydrogen-bond acceptors (Lipinski definition) is 3. The van der Waals surface area contributed by atoms with Gasteiger partial charge in [0.15, 0.2) is 0 Å². The van der Waals surface area contributed by atoms with Gasteiger partial charge in [0.1, 0.15) is 23.9 Å². The molecule has 2 rings (SSSR count). The molecule has 0 aliphatic heterocycles. The van der Waals surface area contributed by atoms with Crippen LogP contribution in [-0.2, 0) is 6.61 Å². The van der Waals surface area contributed by atoms with Crippen molar-refractivity contribution in [2.24, 2.45) is 0 Å². The first kappa shape index (κ1) is 12.3. The zero-order chi connectivity index (χ0) is 12.8. The molecular weight excluding hydrogens is 228 g/mol. The summed E-state index contributed by atoms with van der Waals surface area (Å²) in [7, 11) is 3.24. The predicted molar refractivity (Wildman–Crippen MR) is 70.3 cm³/mol. The topological polar surface area (TPSA) is 27.7 Å². The second kappa shape index (κ2) is 5.96. The molecule has 0 atom stereocenters. The Bertz CT molecular complexity index is 472. The van der Waals surface area contributed by atoms with Gasteiger partial charge < -0.3 is 14.2 Å². The van der Waals surface area contributed by atoms with Gasteiger partial charge in [-0.1, -0.05) is 30.3 Å². The van der Waals surface area contributed by atoms with Crippen LogP contribution in [0.5, 0.6) is 17.2 Å². The summed E-state index contributed by atoms with van der Waals surface area (Å²) in [5, 5.41) is 0. The summed E-state index contributed by atoms with van der Waals surface area (Å²) in [4.78, 5) is 0. The second-order valence-corrected chi connectivity index (χ2v) is 3.82. The Kier molecular flexibility index (Phi) is 4.07. The summed E-state index contributed by atoms with van der Waals surface area (Å²) in [6.07, 6.45) is 0. The first-order valence-corrected chi connectivity index (χ1v) is 5.71. The van der Waals surface area contributed by atoms with Gasteiger partial charge in [-0.25, -0.2) is 0 Å². The summed E-state index contributed by atoms with van der Waals surface area (Å²) in [6, 6.07) is 15.5. The lowest BCUT2D eigenvalue weighted by Crippen LogP contribution is -1.96. The summed E-state index contributed by atoms with van der Waals surface area (Å²) >= 11 is 0. The van der Waals surface area contributed by atoms with E-state index in [-0.39, 0.29) is 0 Å². The fraction of sp³-hybridized carbons (Fsp3) is 0.200. The molecule has 0 heterocycles. The van der Waals surface area contributed by atoms with E-state index in [2.05, 4.69) is 0 Å². The first-order chi connectivity index (χ1) is 8.81. The van der Waals surface area contributed by atoms with E-state index in [4.69, 9.17) is 14.2 Å². The molecule has 3 nitrogen and oxygen atoms in total. The van der Waals surface area contributed by atoms with Crippen molar-refractivity contribution in [1.29, 1.82) is 0 Å². The van der Waals surface area contributed by atoms with Crippen LogP contribution in [0.25, 0.3) is 0 Å². The zero-order valence-corrected chi connectivity index (χ0v) is 10.6. The van der Waals surface area contributed by atoms with E-state index in [1.165, 1.54) is 0 Å². The summed E-state index contributed by atoms with van der Waals surface area (Å²) in [5.41, 5.74) is 1.12. The maximum Gasteiger partial charge on any atom is 0.127 e. The van der Waals surface area contributed by atoms with Gasteiger partial charge in [-0.05, 0) is 5.56 Å². The quantitative estimate of drug-likeness (QED) is 0.807. The highest BCUT2D eigenvalue weighted by Gasteiger charge is 2.03. The van der Waals surface area contributed by atoms with Crippen LogP contribution < -0.4 is 14.2 Å². The van der Waals surface area contributed by atoms with Gasteiger partial charge >= 0.3 is 0 Å². The fourth-order valence-corrected chi connectivity index (χ4v) is 1.61. The highest BCUT2D eigenvalue weighted by Crippen LogP contribution is 2.27. The molecule has 0 radical (unpaired) electrons. The Hall–Kier alpha value is -2.16. The summed E-state index contributed by atoms with van der Waals surface area (Å²) < 4.78 is 16.1. The Morgan fingerprint density at radius 1 is 0.778 bits per heavy atom. The third kappa shape index (κ3) is 3.17. The van der Waals surface area contributed by atoms with Gasteiger partial charge in [-0.2, -0.15) is 0 Å². The predicted octanol–water partition coefficient (Wildman–Crippen LogP) is 3.28. The Labute approximate surface area is 107 Å². The van der Waals surface area contributed by atoms with Crippen molar-refractivity contribution in [2.75, 3.05) is 14.2 Å². The van der Waals surface area contributed by atoms with Crippen molar-refractivity contribution < 1.29 is 14.2 Å². The molecule has 0 spiro atoms. The van der Waals surface area contributed by atoms with Crippen molar-refractivity contribution in [3.63, 3.8) is 0 Å². The molecule has 0 saturated heterocycles. The zero-order valence-electron chi connectivity index (χ0n) is 10.6. The van der Waals surface area contributed by atoms with Gasteiger partial charge in [-0.15, -0.1) is 0 Å². The van der Waals surface area contributed by atoms with E-state index < -0.39 is 0 Å². The van der Waals surface area contributed by atoms with Gasteiger partial charge in [-0.3, -0.25) is 0 Å². The molecule has 3 heteroatoms. The normalized spacial score (nSPS) is 9.89. The van der Waals surface area contributed by atoms with Gasteiger partial charge in [0.2, 0.25) is 0 Å². The number of benzene rings is 2. The first-order valence-electron chi connectivity index (χ1n) is 5.71. The molecule has 2 aromatic carbocycles. The monoisotopic (exact) mass is 244 g/mol. The molecule has 0 aliphatic carbocycles. The molecule has 0 fully saturated rings. The van der Waals surface area contributed by atoms with Crippen molar-refractivity contribution >= 4 is 0 Å². The van der Waals surface area contributed by atoms with Crippen LogP contribution in [0, 0.1) is 0 Å². The van der Waals surface area contributed by atoms with Gasteiger partial charge in [0.05, 0.1) is 14.2 Å². The van der Waals surface area contributed by atoms with Crippen molar-refractivity contribution in [2.45, 2.75) is 6.61 Å². The third-order valence-corrected chi connectivity index (χ3v) is 2.57. The Morgan fingerprint density at radius 2 is 1.33 bits per heavy atom. The smallest absolute Gasteiger partial charge is 0.127 e. The number of methoxy groups -OCH3 is 2. The van der Waals surface area contributed by atoms with Gasteiger partial charge in [0, 0.05) is 18.2 Å². The minimum absolute atomic E-state index is 0.525. The maximum atomic E-state index is 5.72. The lowest BCUT2D eigenvalue weighted by molar-refractivity contribution is 0.300. The molecule has 0 unspecified atom stereocenters. The van der Waals surface area contributed by atoms with E-state index in [0.29, 0.717) is 6.61 Å². The van der Waals surface area contributed by atoms with Crippen LogP contribution in [0.2, 0.25) is 0 Å². The molecule has 18 heavy (non-hydrogen) atoms. The molecule has 94 valence electrons. The van der Waals surface area contributed by atoms with Crippen molar-refractivity contribution in [3.8, 4) is 17.2 Å². The maximum absolute atomic E-state index is 5.72. The lowest BCUT2D eigenvalue weighted by Gasteiger charge is -2.10. The van der Waals surface area contributed by atoms with Crippen LogP contribution in [0.15, 0.2) is 48.5 Å². The van der Waals surface area contributed by atoms with E-state index >= 15 is 0 Å². The third-order valence-electron chi connectivity index (χ3n) is 2.57. The molecule has 2 aromatic rings. The second-order valence-electron chi connectivity index (χ2n) is 3.82. The molecular formula is C15H16O3.